The van der Waals surface area contributed by atoms with Crippen molar-refractivity contribution in [2.75, 3.05) is 13.2 Å². The smallest absolute Gasteiger partial charge is 0.217 e. The highest BCUT2D eigenvalue weighted by Crippen LogP contribution is 2.28. The van der Waals surface area contributed by atoms with Crippen LogP contribution in [0.4, 0.5) is 0 Å². The summed E-state index contributed by atoms with van der Waals surface area (Å²) >= 11 is 0. The van der Waals surface area contributed by atoms with Crippen LogP contribution in [-0.2, 0) is 19.0 Å². The molecule has 26 heavy (non-hydrogen) atoms. The van der Waals surface area contributed by atoms with Crippen LogP contribution in [0.15, 0.2) is 0 Å². The first-order valence-corrected chi connectivity index (χ1v) is 8.06. The van der Waals surface area contributed by atoms with E-state index in [1.54, 1.807) is 0 Å². The summed E-state index contributed by atoms with van der Waals surface area (Å²) in [5.74, 6) is -0.564. The number of carbonyl (C=O) groups is 1. The molecule has 0 aliphatic carbocycles. The Kier molecular flexibility index (Phi) is 7.27. The van der Waals surface area contributed by atoms with Crippen LogP contribution in [0.25, 0.3) is 0 Å². The molecule has 0 radical (unpaired) electrons. The number of amides is 1. The topological polar surface area (TPSA) is 198 Å². The van der Waals surface area contributed by atoms with Crippen molar-refractivity contribution in [1.82, 2.24) is 5.32 Å². The number of hydrogen-bond acceptors (Lipinski definition) is 11. The zero-order valence-electron chi connectivity index (χ0n) is 14.0. The molecule has 0 saturated carbocycles. The molecule has 10 atom stereocenters. The van der Waals surface area contributed by atoms with Crippen LogP contribution in [0.1, 0.15) is 6.92 Å². The Labute approximate surface area is 148 Å². The summed E-state index contributed by atoms with van der Waals surface area (Å²) in [6.45, 7) is -0.195. The third kappa shape index (κ3) is 4.31. The Morgan fingerprint density at radius 2 is 1.54 bits per heavy atom. The van der Waals surface area contributed by atoms with Crippen molar-refractivity contribution in [3.63, 3.8) is 0 Å². The fraction of sp³-hybridized carbons (Fsp3) is 0.929. The van der Waals surface area contributed by atoms with Gasteiger partial charge in [-0.15, -0.1) is 0 Å². The van der Waals surface area contributed by atoms with Crippen LogP contribution in [0, 0.1) is 0 Å². The second-order valence-electron chi connectivity index (χ2n) is 6.26. The lowest BCUT2D eigenvalue weighted by Gasteiger charge is -2.46. The zero-order valence-corrected chi connectivity index (χ0v) is 14.0. The molecule has 152 valence electrons. The predicted octanol–water partition coefficient (Wildman–Crippen LogP) is -5.25. The van der Waals surface area contributed by atoms with Gasteiger partial charge in [0, 0.05) is 6.92 Å². The Bertz CT molecular complexity index is 478. The van der Waals surface area contributed by atoms with E-state index in [4.69, 9.17) is 14.2 Å². The highest BCUT2D eigenvalue weighted by Gasteiger charge is 2.50. The van der Waals surface area contributed by atoms with Gasteiger partial charge in [0.25, 0.3) is 0 Å². The summed E-state index contributed by atoms with van der Waals surface area (Å²) in [6, 6.07) is -1.29. The summed E-state index contributed by atoms with van der Waals surface area (Å²) in [7, 11) is 0. The standard InChI is InChI=1S/C14H25NO11/c1-4(18)15-7-9(20)12(6(3-17)24-13(7)23)26-14-11(22)10(21)8(19)5(2-16)25-14/h5-14,16-17,19-23H,2-3H2,1H3,(H,15,18)/t5?,6?,7?,8-,9?,10?,11?,12-,13+,14-/m0/s1. The van der Waals surface area contributed by atoms with Gasteiger partial charge in [0.05, 0.1) is 13.2 Å². The second-order valence-corrected chi connectivity index (χ2v) is 6.26. The molecular formula is C14H25NO11. The first-order valence-electron chi connectivity index (χ1n) is 8.06. The molecule has 2 heterocycles. The van der Waals surface area contributed by atoms with Crippen LogP contribution in [0.2, 0.25) is 0 Å². The molecule has 0 bridgehead atoms. The molecule has 2 aliphatic rings. The molecule has 8 N–H and O–H groups in total. The molecule has 12 nitrogen and oxygen atoms in total. The van der Waals surface area contributed by atoms with Gasteiger partial charge in [-0.1, -0.05) is 0 Å². The normalized spacial score (nSPS) is 46.8. The van der Waals surface area contributed by atoms with Crippen LogP contribution in [-0.4, -0.2) is 116 Å². The van der Waals surface area contributed by atoms with E-state index < -0.39 is 80.5 Å². The summed E-state index contributed by atoms with van der Waals surface area (Å²) in [5.41, 5.74) is 0. The lowest BCUT2D eigenvalue weighted by atomic mass is 9.95. The van der Waals surface area contributed by atoms with Crippen LogP contribution in [0.3, 0.4) is 0 Å². The van der Waals surface area contributed by atoms with E-state index in [0.717, 1.165) is 6.92 Å². The molecule has 0 spiro atoms. The molecule has 12 heteroatoms. The molecule has 1 amide bonds. The number of rotatable bonds is 5. The minimum atomic E-state index is -1.73. The molecule has 2 aliphatic heterocycles. The van der Waals surface area contributed by atoms with Crippen LogP contribution < -0.4 is 5.32 Å². The van der Waals surface area contributed by atoms with E-state index in [2.05, 4.69) is 5.32 Å². The Morgan fingerprint density at radius 3 is 2.08 bits per heavy atom. The maximum Gasteiger partial charge on any atom is 0.217 e. The predicted molar refractivity (Wildman–Crippen MR) is 80.2 cm³/mol. The number of ether oxygens (including phenoxy) is 3. The van der Waals surface area contributed by atoms with Gasteiger partial charge in [-0.05, 0) is 0 Å². The van der Waals surface area contributed by atoms with Crippen molar-refractivity contribution in [2.45, 2.75) is 68.3 Å². The van der Waals surface area contributed by atoms with Crippen LogP contribution in [0.5, 0.6) is 0 Å². The number of carbonyl (C=O) groups excluding carboxylic acids is 1. The SMILES string of the molecule is CC(=O)NC1C(O)[C@@H](O[C@@H]2OC(CO)[C@H](O)C(O)C2O)C(CO)O[C@H]1O. The molecule has 0 aromatic rings. The van der Waals surface area contributed by atoms with Crippen molar-refractivity contribution >= 4 is 5.91 Å². The van der Waals surface area contributed by atoms with Gasteiger partial charge < -0.3 is 55.3 Å². The highest BCUT2D eigenvalue weighted by molar-refractivity contribution is 5.73. The second kappa shape index (κ2) is 8.84. The largest absolute Gasteiger partial charge is 0.394 e. The quantitative estimate of drug-likeness (QED) is 0.226. The average Bonchev–Trinajstić information content (AvgIpc) is 2.60. The number of aliphatic hydroxyl groups is 7. The van der Waals surface area contributed by atoms with Crippen molar-refractivity contribution in [1.29, 1.82) is 0 Å². The van der Waals surface area contributed by atoms with Crippen molar-refractivity contribution in [3.05, 3.63) is 0 Å². The van der Waals surface area contributed by atoms with Crippen molar-refractivity contribution in [2.24, 2.45) is 0 Å². The monoisotopic (exact) mass is 383 g/mol. The fourth-order valence-electron chi connectivity index (χ4n) is 2.98. The Morgan fingerprint density at radius 1 is 0.923 bits per heavy atom. The van der Waals surface area contributed by atoms with Crippen molar-refractivity contribution < 1.29 is 54.8 Å². The number of hydrogen-bond donors (Lipinski definition) is 8. The summed E-state index contributed by atoms with van der Waals surface area (Å²) in [5, 5.41) is 70.7. The maximum atomic E-state index is 11.2. The van der Waals surface area contributed by atoms with Crippen LogP contribution >= 0.6 is 0 Å². The number of aliphatic hydroxyl groups excluding tert-OH is 7. The first-order chi connectivity index (χ1) is 12.2. The molecule has 2 rings (SSSR count). The first kappa shape index (κ1) is 21.4. The minimum absolute atomic E-state index is 0.564. The van der Waals surface area contributed by atoms with Crippen molar-refractivity contribution in [3.8, 4) is 0 Å². The maximum absolute atomic E-state index is 11.2. The van der Waals surface area contributed by atoms with E-state index in [9.17, 15) is 40.5 Å². The molecular weight excluding hydrogens is 358 g/mol. The summed E-state index contributed by atoms with van der Waals surface area (Å²) in [6.07, 6.45) is -13.6. The van der Waals surface area contributed by atoms with Gasteiger partial charge in [0.2, 0.25) is 5.91 Å². The van der Waals surface area contributed by atoms with Gasteiger partial charge >= 0.3 is 0 Å². The molecule has 2 saturated heterocycles. The van der Waals surface area contributed by atoms with Gasteiger partial charge in [0.1, 0.15) is 48.8 Å². The van der Waals surface area contributed by atoms with E-state index in [0.29, 0.717) is 0 Å². The average molecular weight is 383 g/mol. The third-order valence-corrected chi connectivity index (χ3v) is 4.38. The Balaban J connectivity index is 2.16. The van der Waals surface area contributed by atoms with Gasteiger partial charge in [-0.2, -0.15) is 0 Å². The van der Waals surface area contributed by atoms with Gasteiger partial charge in [-0.25, -0.2) is 0 Å². The lowest BCUT2D eigenvalue weighted by molar-refractivity contribution is -0.345. The third-order valence-electron chi connectivity index (χ3n) is 4.38. The summed E-state index contributed by atoms with van der Waals surface area (Å²) < 4.78 is 15.7. The van der Waals surface area contributed by atoms with Gasteiger partial charge in [-0.3, -0.25) is 4.79 Å². The highest BCUT2D eigenvalue weighted by atomic mass is 16.7. The molecule has 0 aromatic carbocycles. The number of nitrogens with one attached hydrogen (secondary N) is 1. The zero-order chi connectivity index (χ0) is 19.6. The molecule has 2 fully saturated rings. The Hall–Kier alpha value is -0.930. The van der Waals surface area contributed by atoms with E-state index in [1.807, 2.05) is 0 Å². The molecule has 6 unspecified atom stereocenters. The molecule has 0 aromatic heterocycles. The lowest BCUT2D eigenvalue weighted by Crippen LogP contribution is -2.67. The minimum Gasteiger partial charge on any atom is -0.394 e. The van der Waals surface area contributed by atoms with E-state index >= 15 is 0 Å². The summed E-state index contributed by atoms with van der Waals surface area (Å²) in [4.78, 5) is 11.2. The van der Waals surface area contributed by atoms with E-state index in [-0.39, 0.29) is 0 Å². The van der Waals surface area contributed by atoms with Gasteiger partial charge in [0.15, 0.2) is 12.6 Å². The van der Waals surface area contributed by atoms with E-state index in [1.165, 1.54) is 0 Å². The fourth-order valence-corrected chi connectivity index (χ4v) is 2.98.